The minimum Gasteiger partial charge on any atom is -0.493 e. The number of hydrogen-bond acceptors (Lipinski definition) is 7. The number of ether oxygens (including phenoxy) is 1. The summed E-state index contributed by atoms with van der Waals surface area (Å²) in [5, 5.41) is 0. The van der Waals surface area contributed by atoms with E-state index in [-0.39, 0.29) is 25.6 Å². The second-order valence-corrected chi connectivity index (χ2v) is 11.6. The predicted octanol–water partition coefficient (Wildman–Crippen LogP) is 6.65. The Morgan fingerprint density at radius 2 is 1.70 bits per heavy atom. The third-order valence-electron chi connectivity index (χ3n) is 6.51. The maximum atomic E-state index is 13.6. The lowest BCUT2D eigenvalue weighted by molar-refractivity contribution is -0.168. The fourth-order valence-electron chi connectivity index (χ4n) is 4.41. The maximum Gasteiger partial charge on any atom is 0.416 e. The van der Waals surface area contributed by atoms with Gasteiger partial charge in [-0.2, -0.15) is 21.6 Å². The van der Waals surface area contributed by atoms with Crippen molar-refractivity contribution in [2.75, 3.05) is 17.5 Å². The Kier molecular flexibility index (Phi) is 10.00. The molecule has 0 radical (unpaired) electrons. The smallest absolute Gasteiger partial charge is 0.416 e. The Bertz CT molecular complexity index is 1710. The fraction of sp³-hybridized carbons (Fsp3) is 0.290. The number of benzene rings is 3. The van der Waals surface area contributed by atoms with Crippen LogP contribution < -0.4 is 9.04 Å². The number of carbonyl (C=O) groups is 1. The van der Waals surface area contributed by atoms with E-state index in [0.29, 0.717) is 44.9 Å². The lowest BCUT2D eigenvalue weighted by Gasteiger charge is -2.29. The zero-order chi connectivity index (χ0) is 32.1. The molecule has 13 heteroatoms. The Balaban J connectivity index is 1.44. The number of anilines is 1. The lowest BCUT2D eigenvalue weighted by Crippen LogP contribution is -2.44. The molecule has 0 saturated carbocycles. The number of hydrogen-bond donors (Lipinski definition) is 0. The third-order valence-corrected chi connectivity index (χ3v) is 8.26. The summed E-state index contributed by atoms with van der Waals surface area (Å²) in [6.07, 6.45) is -4.09. The molecule has 0 N–H and O–H groups in total. The zero-order valence-corrected chi connectivity index (χ0v) is 25.4. The zero-order valence-electron chi connectivity index (χ0n) is 24.6. The van der Waals surface area contributed by atoms with E-state index in [1.807, 2.05) is 13.0 Å². The number of oxazole rings is 1. The molecule has 0 aliphatic rings. The van der Waals surface area contributed by atoms with Crippen LogP contribution in [0, 0.1) is 13.8 Å². The second kappa shape index (κ2) is 13.5. The van der Waals surface area contributed by atoms with Gasteiger partial charge in [0.2, 0.25) is 5.89 Å². The summed E-state index contributed by atoms with van der Waals surface area (Å²) < 4.78 is 79.2. The van der Waals surface area contributed by atoms with Gasteiger partial charge in [0.25, 0.3) is 0 Å². The van der Waals surface area contributed by atoms with Gasteiger partial charge in [0.05, 0.1) is 30.1 Å². The molecule has 9 nitrogen and oxygen atoms in total. The topological polar surface area (TPSA) is 102 Å². The van der Waals surface area contributed by atoms with Crippen LogP contribution in [0.25, 0.3) is 11.5 Å². The van der Waals surface area contributed by atoms with Crippen molar-refractivity contribution in [3.05, 3.63) is 101 Å². The molecule has 1 aromatic heterocycles. The van der Waals surface area contributed by atoms with Gasteiger partial charge < -0.3 is 14.0 Å². The first-order chi connectivity index (χ1) is 20.8. The molecule has 1 heterocycles. The Morgan fingerprint density at radius 1 is 1.00 bits per heavy atom. The Labute approximate surface area is 254 Å². The first-order valence-electron chi connectivity index (χ1n) is 13.7. The van der Waals surface area contributed by atoms with Gasteiger partial charge in [0, 0.05) is 25.5 Å². The first kappa shape index (κ1) is 32.6. The highest BCUT2D eigenvalue weighted by atomic mass is 32.2. The molecule has 0 spiro atoms. The van der Waals surface area contributed by atoms with Crippen molar-refractivity contribution in [2.45, 2.75) is 46.8 Å². The number of halogens is 3. The van der Waals surface area contributed by atoms with E-state index >= 15 is 0 Å². The number of alkyl halides is 3. The van der Waals surface area contributed by atoms with Crippen molar-refractivity contribution >= 4 is 21.9 Å². The average Bonchev–Trinajstić information content (AvgIpc) is 3.33. The molecule has 0 atom stereocenters. The van der Waals surface area contributed by atoms with Gasteiger partial charge >= 0.3 is 22.4 Å². The Morgan fingerprint density at radius 3 is 2.34 bits per heavy atom. The molecular weight excluding hydrogens is 599 g/mol. The van der Waals surface area contributed by atoms with Crippen LogP contribution in [0.3, 0.4) is 0 Å². The van der Waals surface area contributed by atoms with Crippen molar-refractivity contribution in [2.24, 2.45) is 0 Å². The van der Waals surface area contributed by atoms with Crippen LogP contribution >= 0.6 is 0 Å². The molecular formula is C31H32F3N3O6S. The van der Waals surface area contributed by atoms with Crippen LogP contribution in [0.5, 0.6) is 5.75 Å². The van der Waals surface area contributed by atoms with E-state index in [9.17, 15) is 26.4 Å². The second-order valence-electron chi connectivity index (χ2n) is 9.90. The SMILES string of the molecule is CCN(c1cccc(C)c1)S(=O)(=O)N(Cc1cccc(OCCc2nc(-c3ccc(C(F)(F)F)cc3)oc2C)c1)OC(C)=O. The van der Waals surface area contributed by atoms with Crippen LogP contribution in [0.15, 0.2) is 77.2 Å². The predicted molar refractivity (Wildman–Crippen MR) is 158 cm³/mol. The van der Waals surface area contributed by atoms with Crippen LogP contribution in [0.1, 0.15) is 42.0 Å². The summed E-state index contributed by atoms with van der Waals surface area (Å²) in [5.41, 5.74) is 2.05. The molecule has 0 aliphatic carbocycles. The summed E-state index contributed by atoms with van der Waals surface area (Å²) in [4.78, 5) is 21.5. The first-order valence-corrected chi connectivity index (χ1v) is 15.1. The van der Waals surface area contributed by atoms with Gasteiger partial charge in [-0.1, -0.05) is 24.3 Å². The van der Waals surface area contributed by atoms with Crippen LogP contribution in [-0.4, -0.2) is 37.0 Å². The number of rotatable bonds is 12. The fourth-order valence-corrected chi connectivity index (χ4v) is 5.85. The van der Waals surface area contributed by atoms with Crippen molar-refractivity contribution in [3.63, 3.8) is 0 Å². The molecule has 0 aliphatic heterocycles. The van der Waals surface area contributed by atoms with Crippen LogP contribution in [0.2, 0.25) is 0 Å². The van der Waals surface area contributed by atoms with Gasteiger partial charge in [-0.3, -0.25) is 9.10 Å². The average molecular weight is 632 g/mol. The van der Waals surface area contributed by atoms with Gasteiger partial charge in [-0.15, -0.1) is 0 Å². The molecule has 44 heavy (non-hydrogen) atoms. The minimum absolute atomic E-state index is 0.106. The summed E-state index contributed by atoms with van der Waals surface area (Å²) in [7, 11) is -4.27. The highest BCUT2D eigenvalue weighted by molar-refractivity contribution is 7.90. The third kappa shape index (κ3) is 7.97. The summed E-state index contributed by atoms with van der Waals surface area (Å²) >= 11 is 0. The van der Waals surface area contributed by atoms with Gasteiger partial charge in [0.1, 0.15) is 11.5 Å². The summed E-state index contributed by atoms with van der Waals surface area (Å²) in [5.74, 6) is 0.359. The van der Waals surface area contributed by atoms with E-state index in [1.54, 1.807) is 56.3 Å². The Hall–Kier alpha value is -4.36. The maximum absolute atomic E-state index is 13.6. The molecule has 4 rings (SSSR count). The molecule has 0 fully saturated rings. The molecule has 0 bridgehead atoms. The summed E-state index contributed by atoms with van der Waals surface area (Å²) in [6.45, 7) is 6.39. The molecule has 234 valence electrons. The number of nitrogens with zero attached hydrogens (tertiary/aromatic N) is 3. The number of carbonyl (C=O) groups excluding carboxylic acids is 1. The van der Waals surface area contributed by atoms with Gasteiger partial charge in [-0.05, 0) is 84.9 Å². The van der Waals surface area contributed by atoms with E-state index in [1.165, 1.54) is 12.1 Å². The van der Waals surface area contributed by atoms with Crippen molar-refractivity contribution in [1.29, 1.82) is 0 Å². The number of aromatic nitrogens is 1. The van der Waals surface area contributed by atoms with Gasteiger partial charge in [0.15, 0.2) is 0 Å². The van der Waals surface area contributed by atoms with E-state index in [0.717, 1.165) is 28.9 Å². The quantitative estimate of drug-likeness (QED) is 0.161. The van der Waals surface area contributed by atoms with Crippen molar-refractivity contribution in [1.82, 2.24) is 9.45 Å². The van der Waals surface area contributed by atoms with E-state index in [4.69, 9.17) is 14.0 Å². The van der Waals surface area contributed by atoms with Crippen LogP contribution in [-0.2, 0) is 39.0 Å². The minimum atomic E-state index is -4.44. The lowest BCUT2D eigenvalue weighted by atomic mass is 10.1. The number of aryl methyl sites for hydroxylation is 2. The highest BCUT2D eigenvalue weighted by Crippen LogP contribution is 2.31. The highest BCUT2D eigenvalue weighted by Gasteiger charge is 2.33. The van der Waals surface area contributed by atoms with Crippen molar-refractivity contribution < 1.29 is 40.4 Å². The van der Waals surface area contributed by atoms with Gasteiger partial charge in [-0.25, -0.2) is 4.98 Å². The molecule has 0 unspecified atom stereocenters. The van der Waals surface area contributed by atoms with Crippen molar-refractivity contribution in [3.8, 4) is 17.2 Å². The van der Waals surface area contributed by atoms with E-state index < -0.39 is 27.9 Å². The van der Waals surface area contributed by atoms with E-state index in [2.05, 4.69) is 4.98 Å². The van der Waals surface area contributed by atoms with Crippen LogP contribution in [0.4, 0.5) is 18.9 Å². The monoisotopic (exact) mass is 631 g/mol. The molecule has 4 aromatic rings. The summed E-state index contributed by atoms with van der Waals surface area (Å²) in [6, 6.07) is 18.2. The molecule has 3 aromatic carbocycles. The largest absolute Gasteiger partial charge is 0.493 e. The standard InChI is InChI=1S/C31H32F3N3O6S/c1-5-36(27-10-6-8-21(2)18-27)44(39,40)37(43-23(4)38)20-24-9-7-11-28(19-24)41-17-16-29-22(3)42-30(35-29)25-12-14-26(15-13-25)31(32,33)34/h6-15,18-19H,5,16-17,20H2,1-4H3. The normalized spacial score (nSPS) is 11.9. The molecule has 0 amide bonds. The number of hydroxylamine groups is 1. The molecule has 0 saturated heterocycles.